The number of fused-ring (bicyclic) bond motifs is 2. The van der Waals surface area contributed by atoms with Gasteiger partial charge in [-0.3, -0.25) is 4.79 Å². The maximum Gasteiger partial charge on any atom is 0.197 e. The van der Waals surface area contributed by atoms with Crippen LogP contribution in [0.15, 0.2) is 138 Å². The summed E-state index contributed by atoms with van der Waals surface area (Å²) >= 11 is 0. The number of nitrogens with zero attached hydrogens (tertiary/aromatic N) is 4. The molecule has 5 aromatic carbocycles. The van der Waals surface area contributed by atoms with Gasteiger partial charge in [0.1, 0.15) is 0 Å². The SMILES string of the molecule is O=c1c2ccccc2n(-c2ccc(-c3nc(-c4ccccc4)nc(-c4ccccc4)n3)cc2)c2ccccc12. The molecule has 39 heavy (non-hydrogen) atoms. The normalized spacial score (nSPS) is 11.2. The van der Waals surface area contributed by atoms with Crippen LogP contribution in [0, 0.1) is 0 Å². The summed E-state index contributed by atoms with van der Waals surface area (Å²) in [4.78, 5) is 27.6. The van der Waals surface area contributed by atoms with E-state index in [1.54, 1.807) is 0 Å². The molecule has 0 saturated heterocycles. The minimum atomic E-state index is 0.0427. The van der Waals surface area contributed by atoms with Crippen LogP contribution in [0.2, 0.25) is 0 Å². The Morgan fingerprint density at radius 2 is 0.795 bits per heavy atom. The number of benzene rings is 5. The molecule has 5 nitrogen and oxygen atoms in total. The minimum absolute atomic E-state index is 0.0427. The Bertz CT molecular complexity index is 1900. The van der Waals surface area contributed by atoms with Crippen LogP contribution in [-0.4, -0.2) is 19.5 Å². The Kier molecular flexibility index (Phi) is 5.52. The fourth-order valence-electron chi connectivity index (χ4n) is 4.97. The highest BCUT2D eigenvalue weighted by molar-refractivity contribution is 5.95. The van der Waals surface area contributed by atoms with E-state index in [-0.39, 0.29) is 5.43 Å². The van der Waals surface area contributed by atoms with Gasteiger partial charge in [0.05, 0.1) is 11.0 Å². The molecule has 7 rings (SSSR count). The molecule has 2 aromatic heterocycles. The smallest absolute Gasteiger partial charge is 0.197 e. The first-order valence-electron chi connectivity index (χ1n) is 12.8. The van der Waals surface area contributed by atoms with Gasteiger partial charge in [-0.15, -0.1) is 0 Å². The van der Waals surface area contributed by atoms with Crippen LogP contribution in [0.4, 0.5) is 0 Å². The van der Waals surface area contributed by atoms with Crippen molar-refractivity contribution in [3.8, 4) is 39.9 Å². The first-order valence-corrected chi connectivity index (χ1v) is 12.8. The van der Waals surface area contributed by atoms with Crippen molar-refractivity contribution in [3.05, 3.63) is 144 Å². The molecule has 7 aromatic rings. The lowest BCUT2D eigenvalue weighted by atomic mass is 10.1. The molecule has 0 spiro atoms. The maximum atomic E-state index is 13.2. The second-order valence-electron chi connectivity index (χ2n) is 9.28. The molecule has 0 bridgehead atoms. The largest absolute Gasteiger partial charge is 0.309 e. The number of hydrogen-bond acceptors (Lipinski definition) is 4. The van der Waals surface area contributed by atoms with Gasteiger partial charge in [0, 0.05) is 33.2 Å². The van der Waals surface area contributed by atoms with Gasteiger partial charge in [0.2, 0.25) is 0 Å². The fraction of sp³-hybridized carbons (Fsp3) is 0. The summed E-state index contributed by atoms with van der Waals surface area (Å²) in [5, 5.41) is 1.38. The van der Waals surface area contributed by atoms with E-state index < -0.39 is 0 Å². The lowest BCUT2D eigenvalue weighted by Gasteiger charge is -2.16. The third-order valence-corrected chi connectivity index (χ3v) is 6.86. The molecule has 0 atom stereocenters. The van der Waals surface area contributed by atoms with E-state index in [4.69, 9.17) is 15.0 Å². The predicted molar refractivity (Wildman–Crippen MR) is 157 cm³/mol. The number of aromatic nitrogens is 4. The second-order valence-corrected chi connectivity index (χ2v) is 9.28. The Labute approximate surface area is 224 Å². The number of rotatable bonds is 4. The van der Waals surface area contributed by atoms with Gasteiger partial charge in [-0.25, -0.2) is 15.0 Å². The summed E-state index contributed by atoms with van der Waals surface area (Å²) in [6, 6.07) is 43.5. The van der Waals surface area contributed by atoms with Gasteiger partial charge >= 0.3 is 0 Å². The lowest BCUT2D eigenvalue weighted by molar-refractivity contribution is 1.07. The third-order valence-electron chi connectivity index (χ3n) is 6.86. The number of hydrogen-bond donors (Lipinski definition) is 0. The summed E-state index contributed by atoms with van der Waals surface area (Å²) in [6.45, 7) is 0. The summed E-state index contributed by atoms with van der Waals surface area (Å²) < 4.78 is 2.13. The molecule has 0 amide bonds. The highest BCUT2D eigenvalue weighted by Gasteiger charge is 2.14. The van der Waals surface area contributed by atoms with Crippen molar-refractivity contribution in [2.75, 3.05) is 0 Å². The summed E-state index contributed by atoms with van der Waals surface area (Å²) in [5.74, 6) is 1.85. The van der Waals surface area contributed by atoms with Gasteiger partial charge in [-0.1, -0.05) is 84.9 Å². The van der Waals surface area contributed by atoms with Crippen LogP contribution in [-0.2, 0) is 0 Å². The van der Waals surface area contributed by atoms with Crippen molar-refractivity contribution in [1.29, 1.82) is 0 Å². The lowest BCUT2D eigenvalue weighted by Crippen LogP contribution is -2.10. The Hall–Kier alpha value is -5.42. The van der Waals surface area contributed by atoms with Gasteiger partial charge < -0.3 is 4.57 Å². The first kappa shape index (κ1) is 22.8. The maximum absolute atomic E-state index is 13.2. The van der Waals surface area contributed by atoms with Gasteiger partial charge in [-0.2, -0.15) is 0 Å². The van der Waals surface area contributed by atoms with Crippen molar-refractivity contribution in [2.24, 2.45) is 0 Å². The van der Waals surface area contributed by atoms with Crippen LogP contribution >= 0.6 is 0 Å². The molecule has 0 aliphatic heterocycles. The third kappa shape index (κ3) is 4.06. The van der Waals surface area contributed by atoms with E-state index in [1.807, 2.05) is 133 Å². The van der Waals surface area contributed by atoms with E-state index >= 15 is 0 Å². The molecule has 184 valence electrons. The number of pyridine rings is 1. The number of para-hydroxylation sites is 2. The molecule has 0 saturated carbocycles. The van der Waals surface area contributed by atoms with E-state index in [0.717, 1.165) is 33.4 Å². The van der Waals surface area contributed by atoms with E-state index in [0.29, 0.717) is 28.2 Å². The molecule has 5 heteroatoms. The van der Waals surface area contributed by atoms with Crippen molar-refractivity contribution in [2.45, 2.75) is 0 Å². The zero-order valence-electron chi connectivity index (χ0n) is 20.9. The zero-order valence-corrected chi connectivity index (χ0v) is 20.9. The standard InChI is InChI=1S/C34H22N4O/c39-31-27-15-7-9-17-29(27)38(30-18-10-8-16-28(30)31)26-21-19-25(20-22-26)34-36-32(23-11-3-1-4-12-23)35-33(37-34)24-13-5-2-6-14-24/h1-22H. The van der Waals surface area contributed by atoms with E-state index in [9.17, 15) is 4.79 Å². The van der Waals surface area contributed by atoms with E-state index in [1.165, 1.54) is 0 Å². The topological polar surface area (TPSA) is 60.7 Å². The molecular formula is C34H22N4O. The monoisotopic (exact) mass is 502 g/mol. The molecular weight excluding hydrogens is 480 g/mol. The average Bonchev–Trinajstić information content (AvgIpc) is 3.02. The molecule has 0 fully saturated rings. The fourth-order valence-corrected chi connectivity index (χ4v) is 4.97. The van der Waals surface area contributed by atoms with Crippen LogP contribution in [0.1, 0.15) is 0 Å². The second kappa shape index (κ2) is 9.47. The molecule has 0 aliphatic carbocycles. The zero-order chi connectivity index (χ0) is 26.2. The Morgan fingerprint density at radius 1 is 0.410 bits per heavy atom. The average molecular weight is 503 g/mol. The van der Waals surface area contributed by atoms with Crippen molar-refractivity contribution in [3.63, 3.8) is 0 Å². The van der Waals surface area contributed by atoms with Crippen LogP contribution in [0.5, 0.6) is 0 Å². The summed E-state index contributed by atoms with van der Waals surface area (Å²) in [5.41, 5.74) is 5.47. The highest BCUT2D eigenvalue weighted by Crippen LogP contribution is 2.28. The highest BCUT2D eigenvalue weighted by atomic mass is 16.1. The molecule has 2 heterocycles. The predicted octanol–water partition coefficient (Wildman–Crippen LogP) is 7.33. The first-order chi connectivity index (χ1) is 19.3. The molecule has 0 aliphatic rings. The quantitative estimate of drug-likeness (QED) is 0.236. The van der Waals surface area contributed by atoms with Crippen molar-refractivity contribution in [1.82, 2.24) is 19.5 Å². The van der Waals surface area contributed by atoms with Crippen molar-refractivity contribution < 1.29 is 0 Å². The van der Waals surface area contributed by atoms with E-state index in [2.05, 4.69) is 4.57 Å². The Balaban J connectivity index is 1.39. The van der Waals surface area contributed by atoms with Crippen LogP contribution in [0.25, 0.3) is 61.7 Å². The molecule has 0 N–H and O–H groups in total. The van der Waals surface area contributed by atoms with Gasteiger partial charge in [0.25, 0.3) is 0 Å². The van der Waals surface area contributed by atoms with Crippen LogP contribution < -0.4 is 5.43 Å². The molecule has 0 unspecified atom stereocenters. The minimum Gasteiger partial charge on any atom is -0.309 e. The Morgan fingerprint density at radius 3 is 1.26 bits per heavy atom. The van der Waals surface area contributed by atoms with Gasteiger partial charge in [0.15, 0.2) is 22.9 Å². The summed E-state index contributed by atoms with van der Waals surface area (Å²) in [6.07, 6.45) is 0. The van der Waals surface area contributed by atoms with Crippen LogP contribution in [0.3, 0.4) is 0 Å². The van der Waals surface area contributed by atoms with Crippen molar-refractivity contribution >= 4 is 21.8 Å². The summed E-state index contributed by atoms with van der Waals surface area (Å²) in [7, 11) is 0. The van der Waals surface area contributed by atoms with Gasteiger partial charge in [-0.05, 0) is 48.5 Å². The molecule has 0 radical (unpaired) electrons.